The maximum Gasteiger partial charge on any atom is 0.253 e. The third kappa shape index (κ3) is 2.59. The maximum absolute atomic E-state index is 13.2. The zero-order valence-electron chi connectivity index (χ0n) is 8.50. The van der Waals surface area contributed by atoms with E-state index < -0.39 is 11.9 Å². The minimum absolute atomic E-state index is 0.209. The molecule has 1 aromatic rings. The van der Waals surface area contributed by atoms with Gasteiger partial charge in [0.05, 0.1) is 4.47 Å². The number of carbonyl (C=O) groups excluding carboxylic acids is 1. The van der Waals surface area contributed by atoms with Gasteiger partial charge in [-0.1, -0.05) is 0 Å². The predicted octanol–water partition coefficient (Wildman–Crippen LogP) is 2.71. The highest BCUT2D eigenvalue weighted by Crippen LogP contribution is 2.20. The van der Waals surface area contributed by atoms with Gasteiger partial charge in [-0.3, -0.25) is 4.79 Å². The van der Waals surface area contributed by atoms with Gasteiger partial charge in [0, 0.05) is 12.3 Å². The minimum atomic E-state index is -0.398. The number of benzene rings is 1. The molecule has 0 unspecified atom stereocenters. The van der Waals surface area contributed by atoms with Crippen molar-refractivity contribution in [1.82, 2.24) is 0 Å². The first-order chi connectivity index (χ1) is 7.66. The fourth-order valence-corrected chi connectivity index (χ4v) is 1.83. The molecule has 1 amide bonds. The summed E-state index contributed by atoms with van der Waals surface area (Å²) in [5, 5.41) is 2.63. The predicted molar refractivity (Wildman–Crippen MR) is 61.7 cm³/mol. The standard InChI is InChI=1S/C11H11BrFNO2/c12-8-4-3-7(6-9(8)13)14-11(15)10-2-1-5-16-10/h3-4,6,10H,1-2,5H2,(H,14,15)/t10-/m1/s1. The highest BCUT2D eigenvalue weighted by molar-refractivity contribution is 9.10. The van der Waals surface area contributed by atoms with Crippen LogP contribution in [0, 0.1) is 5.82 Å². The third-order valence-electron chi connectivity index (χ3n) is 2.41. The molecular weight excluding hydrogens is 277 g/mol. The Bertz CT molecular complexity index is 405. The van der Waals surface area contributed by atoms with E-state index in [9.17, 15) is 9.18 Å². The zero-order valence-corrected chi connectivity index (χ0v) is 10.1. The summed E-state index contributed by atoms with van der Waals surface area (Å²) in [6.45, 7) is 0.618. The highest BCUT2D eigenvalue weighted by Gasteiger charge is 2.23. The van der Waals surface area contributed by atoms with Gasteiger partial charge >= 0.3 is 0 Å². The normalized spacial score (nSPS) is 19.8. The Morgan fingerprint density at radius 2 is 2.38 bits per heavy atom. The van der Waals surface area contributed by atoms with Gasteiger partial charge in [0.2, 0.25) is 0 Å². The molecule has 2 rings (SSSR count). The summed E-state index contributed by atoms with van der Waals surface area (Å²) < 4.78 is 18.8. The summed E-state index contributed by atoms with van der Waals surface area (Å²) in [4.78, 5) is 11.6. The zero-order chi connectivity index (χ0) is 11.5. The second kappa shape index (κ2) is 4.93. The Kier molecular flexibility index (Phi) is 3.56. The number of anilines is 1. The van der Waals surface area contributed by atoms with Gasteiger partial charge in [-0.2, -0.15) is 0 Å². The Morgan fingerprint density at radius 1 is 1.56 bits per heavy atom. The Balaban J connectivity index is 2.02. The molecule has 1 aromatic carbocycles. The van der Waals surface area contributed by atoms with Crippen molar-refractivity contribution in [3.63, 3.8) is 0 Å². The molecule has 1 atom stereocenters. The second-order valence-corrected chi connectivity index (χ2v) is 4.47. The smallest absolute Gasteiger partial charge is 0.253 e. The van der Waals surface area contributed by atoms with Crippen LogP contribution in [0.1, 0.15) is 12.8 Å². The molecule has 86 valence electrons. The lowest BCUT2D eigenvalue weighted by molar-refractivity contribution is -0.124. The van der Waals surface area contributed by atoms with E-state index in [1.165, 1.54) is 6.07 Å². The summed E-state index contributed by atoms with van der Waals surface area (Å²) in [6.07, 6.45) is 1.23. The van der Waals surface area contributed by atoms with E-state index in [1.54, 1.807) is 12.1 Å². The summed E-state index contributed by atoms with van der Waals surface area (Å²) in [6, 6.07) is 4.47. The van der Waals surface area contributed by atoms with Gasteiger partial charge in [0.25, 0.3) is 5.91 Å². The van der Waals surface area contributed by atoms with Crippen LogP contribution >= 0.6 is 15.9 Å². The number of ether oxygens (including phenoxy) is 1. The minimum Gasteiger partial charge on any atom is -0.368 e. The van der Waals surface area contributed by atoms with Crippen LogP contribution in [-0.2, 0) is 9.53 Å². The number of amides is 1. The van der Waals surface area contributed by atoms with Crippen LogP contribution in [0.15, 0.2) is 22.7 Å². The largest absolute Gasteiger partial charge is 0.368 e. The van der Waals surface area contributed by atoms with Crippen molar-refractivity contribution in [1.29, 1.82) is 0 Å². The molecule has 1 aliphatic rings. The van der Waals surface area contributed by atoms with Crippen molar-refractivity contribution < 1.29 is 13.9 Å². The van der Waals surface area contributed by atoms with Gasteiger partial charge in [0.1, 0.15) is 11.9 Å². The average Bonchev–Trinajstić information content (AvgIpc) is 2.77. The molecule has 16 heavy (non-hydrogen) atoms. The summed E-state index contributed by atoms with van der Waals surface area (Å²) in [5.41, 5.74) is 0.446. The van der Waals surface area contributed by atoms with Gasteiger partial charge in [-0.05, 0) is 47.0 Å². The van der Waals surface area contributed by atoms with Crippen LogP contribution in [0.4, 0.5) is 10.1 Å². The molecular formula is C11H11BrFNO2. The lowest BCUT2D eigenvalue weighted by Gasteiger charge is -2.10. The second-order valence-electron chi connectivity index (χ2n) is 3.62. The number of hydrogen-bond donors (Lipinski definition) is 1. The monoisotopic (exact) mass is 287 g/mol. The molecule has 0 spiro atoms. The molecule has 3 nitrogen and oxygen atoms in total. The molecule has 1 aliphatic heterocycles. The van der Waals surface area contributed by atoms with Crippen molar-refractivity contribution in [2.24, 2.45) is 0 Å². The van der Waals surface area contributed by atoms with E-state index in [1.807, 2.05) is 0 Å². The topological polar surface area (TPSA) is 38.3 Å². The Labute approximate surface area is 101 Å². The van der Waals surface area contributed by atoms with E-state index in [2.05, 4.69) is 21.2 Å². The van der Waals surface area contributed by atoms with Gasteiger partial charge < -0.3 is 10.1 Å². The lowest BCUT2D eigenvalue weighted by atomic mass is 10.2. The van der Waals surface area contributed by atoms with Crippen molar-refractivity contribution >= 4 is 27.5 Å². The van der Waals surface area contributed by atoms with Crippen LogP contribution in [0.25, 0.3) is 0 Å². The third-order valence-corrected chi connectivity index (χ3v) is 3.05. The number of carbonyl (C=O) groups is 1. The highest BCUT2D eigenvalue weighted by atomic mass is 79.9. The molecule has 0 saturated carbocycles. The van der Waals surface area contributed by atoms with Gasteiger partial charge in [-0.25, -0.2) is 4.39 Å². The van der Waals surface area contributed by atoms with E-state index in [-0.39, 0.29) is 5.91 Å². The van der Waals surface area contributed by atoms with Crippen molar-refractivity contribution in [2.45, 2.75) is 18.9 Å². The first kappa shape index (κ1) is 11.5. The summed E-state index contributed by atoms with van der Waals surface area (Å²) in [5.74, 6) is -0.607. The van der Waals surface area contributed by atoms with E-state index in [4.69, 9.17) is 4.74 Å². The number of hydrogen-bond acceptors (Lipinski definition) is 2. The van der Waals surface area contributed by atoms with Gasteiger partial charge in [-0.15, -0.1) is 0 Å². The SMILES string of the molecule is O=C(Nc1ccc(Br)c(F)c1)[C@H]1CCCO1. The molecule has 0 bridgehead atoms. The Morgan fingerprint density at radius 3 is 3.00 bits per heavy atom. The average molecular weight is 288 g/mol. The molecule has 0 radical (unpaired) electrons. The quantitative estimate of drug-likeness (QED) is 0.908. The molecule has 0 aliphatic carbocycles. The van der Waals surface area contributed by atoms with Crippen molar-refractivity contribution in [3.8, 4) is 0 Å². The number of nitrogens with one attached hydrogen (secondary N) is 1. The van der Waals surface area contributed by atoms with E-state index in [0.29, 0.717) is 16.8 Å². The first-order valence-electron chi connectivity index (χ1n) is 5.04. The van der Waals surface area contributed by atoms with E-state index >= 15 is 0 Å². The van der Waals surface area contributed by atoms with Crippen LogP contribution < -0.4 is 5.32 Å². The van der Waals surface area contributed by atoms with Gasteiger partial charge in [0.15, 0.2) is 0 Å². The summed E-state index contributed by atoms with van der Waals surface area (Å²) >= 11 is 3.05. The number of rotatable bonds is 2. The van der Waals surface area contributed by atoms with E-state index in [0.717, 1.165) is 12.8 Å². The molecule has 1 N–H and O–H groups in total. The molecule has 0 aromatic heterocycles. The lowest BCUT2D eigenvalue weighted by Crippen LogP contribution is -2.26. The van der Waals surface area contributed by atoms with Crippen molar-refractivity contribution in [3.05, 3.63) is 28.5 Å². The molecule has 1 saturated heterocycles. The van der Waals surface area contributed by atoms with Crippen molar-refractivity contribution in [2.75, 3.05) is 11.9 Å². The van der Waals surface area contributed by atoms with Crippen LogP contribution in [0.2, 0.25) is 0 Å². The number of halogens is 2. The maximum atomic E-state index is 13.2. The van der Waals surface area contributed by atoms with Crippen LogP contribution in [0.5, 0.6) is 0 Å². The van der Waals surface area contributed by atoms with Crippen LogP contribution in [0.3, 0.4) is 0 Å². The summed E-state index contributed by atoms with van der Waals surface area (Å²) in [7, 11) is 0. The molecule has 1 heterocycles. The molecule has 5 heteroatoms. The fourth-order valence-electron chi connectivity index (χ4n) is 1.58. The first-order valence-corrected chi connectivity index (χ1v) is 5.83. The fraction of sp³-hybridized carbons (Fsp3) is 0.364. The van der Waals surface area contributed by atoms with Crippen LogP contribution in [-0.4, -0.2) is 18.6 Å². The Hall–Kier alpha value is -0.940. The molecule has 1 fully saturated rings.